The number of carbonyl (C=O) groups is 3. The van der Waals surface area contributed by atoms with Crippen LogP contribution >= 0.6 is 23.2 Å². The maximum absolute atomic E-state index is 14.3. The van der Waals surface area contributed by atoms with Gasteiger partial charge in [0, 0.05) is 24.5 Å². The van der Waals surface area contributed by atoms with Gasteiger partial charge in [-0.1, -0.05) is 23.2 Å². The second-order valence-corrected chi connectivity index (χ2v) is 9.70. The number of aromatic nitrogens is 3. The van der Waals surface area contributed by atoms with E-state index in [1.54, 1.807) is 0 Å². The molecule has 0 aromatic carbocycles. The van der Waals surface area contributed by atoms with Crippen LogP contribution in [0.25, 0.3) is 0 Å². The summed E-state index contributed by atoms with van der Waals surface area (Å²) in [4.78, 5) is 42.6. The summed E-state index contributed by atoms with van der Waals surface area (Å²) in [7, 11) is 0. The number of alkyl halides is 3. The number of Topliss-reactive ketones (excluding diaryl/α,β-unsaturated/α-hetero) is 1. The summed E-state index contributed by atoms with van der Waals surface area (Å²) >= 11 is 12.1. The molecule has 0 saturated heterocycles. The van der Waals surface area contributed by atoms with Crippen molar-refractivity contribution < 1.29 is 37.1 Å². The molecular weight excluding hydrogens is 552 g/mol. The van der Waals surface area contributed by atoms with Crippen LogP contribution in [0.15, 0.2) is 41.6 Å². The van der Waals surface area contributed by atoms with Gasteiger partial charge in [0.2, 0.25) is 0 Å². The number of amides is 1. The van der Waals surface area contributed by atoms with Crippen LogP contribution in [0.4, 0.5) is 13.2 Å². The van der Waals surface area contributed by atoms with Crippen molar-refractivity contribution in [1.82, 2.24) is 19.7 Å². The maximum Gasteiger partial charge on any atom is 0.433 e. The Morgan fingerprint density at radius 3 is 2.32 bits per heavy atom. The highest BCUT2D eigenvalue weighted by atomic mass is 35.5. The summed E-state index contributed by atoms with van der Waals surface area (Å²) in [6, 6.07) is 0.772. The summed E-state index contributed by atoms with van der Waals surface area (Å²) in [6.45, 7) is -0.882. The zero-order valence-electron chi connectivity index (χ0n) is 19.6. The van der Waals surface area contributed by atoms with Crippen LogP contribution in [0, 0.1) is 5.92 Å². The van der Waals surface area contributed by atoms with Crippen molar-refractivity contribution in [3.63, 3.8) is 0 Å². The van der Waals surface area contributed by atoms with Crippen LogP contribution in [-0.2, 0) is 17.5 Å². The summed E-state index contributed by atoms with van der Waals surface area (Å²) < 4.78 is 48.6. The van der Waals surface area contributed by atoms with Gasteiger partial charge in [0.15, 0.2) is 11.5 Å². The minimum absolute atomic E-state index is 0.0704. The third kappa shape index (κ3) is 5.86. The van der Waals surface area contributed by atoms with Crippen LogP contribution in [0.1, 0.15) is 63.7 Å². The van der Waals surface area contributed by atoms with Gasteiger partial charge in [-0.25, -0.2) is 0 Å². The first-order valence-corrected chi connectivity index (χ1v) is 12.2. The summed E-state index contributed by atoms with van der Waals surface area (Å²) in [5.41, 5.74) is -1.67. The number of carbonyl (C=O) groups excluding carboxylic acids is 2. The van der Waals surface area contributed by atoms with E-state index in [2.05, 4.69) is 10.1 Å². The number of aliphatic carboxylic acids is 1. The van der Waals surface area contributed by atoms with Crippen molar-refractivity contribution in [2.45, 2.75) is 44.4 Å². The van der Waals surface area contributed by atoms with Gasteiger partial charge in [-0.05, 0) is 31.7 Å². The number of nitrogens with zero attached hydrogens (tertiary/aromatic N) is 4. The van der Waals surface area contributed by atoms with Gasteiger partial charge in [0.1, 0.15) is 0 Å². The molecule has 1 N–H and O–H groups in total. The molecule has 1 saturated carbocycles. The Kier molecular flexibility index (Phi) is 8.12. The minimum atomic E-state index is -4.95. The molecule has 3 heterocycles. The van der Waals surface area contributed by atoms with Crippen LogP contribution in [0.2, 0.25) is 10.0 Å². The van der Waals surface area contributed by atoms with E-state index in [1.165, 1.54) is 31.0 Å². The summed E-state index contributed by atoms with van der Waals surface area (Å²) in [5, 5.41) is 13.0. The van der Waals surface area contributed by atoms with E-state index >= 15 is 0 Å². The fraction of sp³-hybridized carbons (Fsp3) is 0.375. The molecule has 0 unspecified atom stereocenters. The average Bonchev–Trinajstić information content (AvgIpc) is 3.53. The first-order valence-electron chi connectivity index (χ1n) is 11.5. The topological polar surface area (TPSA) is 119 Å². The van der Waals surface area contributed by atoms with Gasteiger partial charge in [-0.2, -0.15) is 18.3 Å². The van der Waals surface area contributed by atoms with Gasteiger partial charge in [0.25, 0.3) is 5.91 Å². The predicted molar refractivity (Wildman–Crippen MR) is 128 cm³/mol. The van der Waals surface area contributed by atoms with E-state index in [0.29, 0.717) is 5.56 Å². The Balaban J connectivity index is 1.68. The molecule has 0 bridgehead atoms. The number of ketones is 1. The Labute approximate surface area is 224 Å². The van der Waals surface area contributed by atoms with Gasteiger partial charge in [0.05, 0.1) is 58.4 Å². The predicted octanol–water partition coefficient (Wildman–Crippen LogP) is 5.54. The summed E-state index contributed by atoms with van der Waals surface area (Å²) in [6.07, 6.45) is 1.57. The first kappa shape index (κ1) is 27.6. The highest BCUT2D eigenvalue weighted by molar-refractivity contribution is 6.39. The van der Waals surface area contributed by atoms with Crippen LogP contribution in [0.3, 0.4) is 0 Å². The number of furan rings is 1. The SMILES string of the molecule is O=C(CN(Cc1ccoc1)C(=O)c1cnn([C@H]2CC[C@H](C(=O)O)CC2)c1C(F)(F)F)c1c(Cl)cncc1Cl. The lowest BCUT2D eigenvalue weighted by Gasteiger charge is -2.28. The van der Waals surface area contributed by atoms with E-state index in [9.17, 15) is 32.7 Å². The largest absolute Gasteiger partial charge is 0.481 e. The van der Waals surface area contributed by atoms with Crippen molar-refractivity contribution >= 4 is 40.9 Å². The van der Waals surface area contributed by atoms with Crippen LogP contribution < -0.4 is 0 Å². The second-order valence-electron chi connectivity index (χ2n) is 8.89. The highest BCUT2D eigenvalue weighted by Gasteiger charge is 2.43. The normalized spacial score (nSPS) is 17.8. The third-order valence-corrected chi connectivity index (χ3v) is 6.97. The lowest BCUT2D eigenvalue weighted by molar-refractivity contribution is -0.147. The molecule has 4 rings (SSSR count). The molecule has 38 heavy (non-hydrogen) atoms. The quantitative estimate of drug-likeness (QED) is 0.352. The molecule has 0 spiro atoms. The number of hydrogen-bond acceptors (Lipinski definition) is 6. The Bertz CT molecular complexity index is 1320. The lowest BCUT2D eigenvalue weighted by Crippen LogP contribution is -2.36. The molecule has 3 aromatic heterocycles. The molecule has 202 valence electrons. The monoisotopic (exact) mass is 572 g/mol. The summed E-state index contributed by atoms with van der Waals surface area (Å²) in [5.74, 6) is -3.42. The number of halogens is 5. The molecule has 0 radical (unpaired) electrons. The fourth-order valence-corrected chi connectivity index (χ4v) is 5.12. The third-order valence-electron chi connectivity index (χ3n) is 6.39. The first-order chi connectivity index (χ1) is 18.0. The number of hydrogen-bond donors (Lipinski definition) is 1. The molecule has 1 fully saturated rings. The second kappa shape index (κ2) is 11.2. The van der Waals surface area contributed by atoms with Crippen LogP contribution in [0.5, 0.6) is 0 Å². The maximum atomic E-state index is 14.3. The molecular formula is C24H21Cl2F3N4O5. The molecule has 3 aromatic rings. The molecule has 0 aliphatic heterocycles. The van der Waals surface area contributed by atoms with Crippen LogP contribution in [-0.4, -0.2) is 49.0 Å². The van der Waals surface area contributed by atoms with Crippen molar-refractivity contribution in [2.75, 3.05) is 6.54 Å². The zero-order chi connectivity index (χ0) is 27.6. The van der Waals surface area contributed by atoms with E-state index in [-0.39, 0.29) is 47.8 Å². The zero-order valence-corrected chi connectivity index (χ0v) is 21.1. The van der Waals surface area contributed by atoms with Gasteiger partial charge in [-0.15, -0.1) is 0 Å². The lowest BCUT2D eigenvalue weighted by atomic mass is 9.86. The number of pyridine rings is 1. The van der Waals surface area contributed by atoms with Crippen molar-refractivity contribution in [3.05, 3.63) is 69.6 Å². The van der Waals surface area contributed by atoms with Gasteiger partial charge < -0.3 is 14.4 Å². The Morgan fingerprint density at radius 2 is 1.76 bits per heavy atom. The molecule has 14 heteroatoms. The Morgan fingerprint density at radius 1 is 1.11 bits per heavy atom. The smallest absolute Gasteiger partial charge is 0.433 e. The minimum Gasteiger partial charge on any atom is -0.481 e. The molecule has 1 aliphatic carbocycles. The molecule has 0 atom stereocenters. The van der Waals surface area contributed by atoms with E-state index in [1.807, 2.05) is 0 Å². The van der Waals surface area contributed by atoms with E-state index < -0.39 is 53.6 Å². The van der Waals surface area contributed by atoms with Crippen molar-refractivity contribution in [2.24, 2.45) is 5.92 Å². The standard InChI is InChI=1S/C24H21Cl2F3N4O5/c25-17-8-30-9-18(26)20(17)19(34)11-32(10-13-5-6-38-12-13)22(35)16-7-31-33(21(16)24(27,28)29)15-3-1-14(2-4-15)23(36)37/h5-9,12,14-15H,1-4,10-11H2,(H,36,37)/t14-,15-. The van der Waals surface area contributed by atoms with Gasteiger partial charge >= 0.3 is 12.1 Å². The van der Waals surface area contributed by atoms with Gasteiger partial charge in [-0.3, -0.25) is 24.0 Å². The van der Waals surface area contributed by atoms with E-state index in [0.717, 1.165) is 15.8 Å². The number of carboxylic acids is 1. The molecule has 1 aliphatic rings. The average molecular weight is 573 g/mol. The number of rotatable bonds is 8. The van der Waals surface area contributed by atoms with Crippen molar-refractivity contribution in [3.8, 4) is 0 Å². The Hall–Kier alpha value is -3.38. The fourth-order valence-electron chi connectivity index (χ4n) is 4.55. The molecule has 1 amide bonds. The number of carboxylic acid groups (broad SMARTS) is 1. The van der Waals surface area contributed by atoms with E-state index in [4.69, 9.17) is 27.6 Å². The molecule has 9 nitrogen and oxygen atoms in total. The highest BCUT2D eigenvalue weighted by Crippen LogP contribution is 2.39. The van der Waals surface area contributed by atoms with Crippen molar-refractivity contribution in [1.29, 1.82) is 0 Å².